The molecule has 2 aromatic rings. The molecule has 0 bridgehead atoms. The Labute approximate surface area is 157 Å². The van der Waals surface area contributed by atoms with E-state index in [1.807, 2.05) is 62.1 Å². The molecule has 2 aromatic carbocycles. The molecule has 1 heterocycles. The summed E-state index contributed by atoms with van der Waals surface area (Å²) in [4.78, 5) is 15.2. The number of hydrogen-bond acceptors (Lipinski definition) is 2. The highest BCUT2D eigenvalue weighted by Crippen LogP contribution is 2.44. The lowest BCUT2D eigenvalue weighted by molar-refractivity contribution is -0.146. The molecule has 0 unspecified atom stereocenters. The Bertz CT molecular complexity index is 694. The predicted molar refractivity (Wildman–Crippen MR) is 105 cm³/mol. The average molecular weight is 351 g/mol. The van der Waals surface area contributed by atoms with Crippen molar-refractivity contribution in [2.45, 2.75) is 45.3 Å². The van der Waals surface area contributed by atoms with E-state index in [1.165, 1.54) is 0 Å². The highest BCUT2D eigenvalue weighted by Gasteiger charge is 2.50. The van der Waals surface area contributed by atoms with Gasteiger partial charge in [-0.2, -0.15) is 0 Å². The Hall–Kier alpha value is -2.13. The number of amides is 1. The molecule has 138 valence electrons. The Morgan fingerprint density at radius 1 is 0.962 bits per heavy atom. The van der Waals surface area contributed by atoms with Gasteiger partial charge in [0.15, 0.2) is 0 Å². The van der Waals surface area contributed by atoms with E-state index in [0.29, 0.717) is 0 Å². The zero-order valence-electron chi connectivity index (χ0n) is 16.2. The summed E-state index contributed by atoms with van der Waals surface area (Å²) in [5.74, 6) is 0.188. The van der Waals surface area contributed by atoms with Gasteiger partial charge in [0.1, 0.15) is 5.60 Å². The summed E-state index contributed by atoms with van der Waals surface area (Å²) in [6.07, 6.45) is 1.93. The fraction of sp³-hybridized carbons (Fsp3) is 0.435. The minimum atomic E-state index is -0.667. The second-order valence-corrected chi connectivity index (χ2v) is 8.08. The van der Waals surface area contributed by atoms with Gasteiger partial charge in [0, 0.05) is 19.1 Å². The zero-order valence-corrected chi connectivity index (χ0v) is 16.2. The summed E-state index contributed by atoms with van der Waals surface area (Å²) in [6.45, 7) is 6.75. The van der Waals surface area contributed by atoms with E-state index in [2.05, 4.69) is 24.3 Å². The SMILES string of the molecule is COC(c1ccccc1)(c1ccccc1)[C@@H]1CCCN1C(=O)C(C)(C)C. The van der Waals surface area contributed by atoms with Crippen molar-refractivity contribution >= 4 is 5.91 Å². The maximum absolute atomic E-state index is 13.2. The van der Waals surface area contributed by atoms with Crippen molar-refractivity contribution in [2.75, 3.05) is 13.7 Å². The van der Waals surface area contributed by atoms with Crippen molar-refractivity contribution in [2.24, 2.45) is 5.41 Å². The second-order valence-electron chi connectivity index (χ2n) is 8.08. The van der Waals surface area contributed by atoms with Crippen LogP contribution < -0.4 is 0 Å². The van der Waals surface area contributed by atoms with Gasteiger partial charge >= 0.3 is 0 Å². The van der Waals surface area contributed by atoms with Gasteiger partial charge in [0.05, 0.1) is 6.04 Å². The molecular formula is C23H29NO2. The highest BCUT2D eigenvalue weighted by atomic mass is 16.5. The lowest BCUT2D eigenvalue weighted by Gasteiger charge is -2.44. The predicted octanol–water partition coefficient (Wildman–Crippen LogP) is 4.61. The molecule has 26 heavy (non-hydrogen) atoms. The lowest BCUT2D eigenvalue weighted by Crippen LogP contribution is -2.53. The van der Waals surface area contributed by atoms with Gasteiger partial charge < -0.3 is 9.64 Å². The van der Waals surface area contributed by atoms with Gasteiger partial charge in [-0.15, -0.1) is 0 Å². The summed E-state index contributed by atoms with van der Waals surface area (Å²) in [7, 11) is 1.76. The van der Waals surface area contributed by atoms with Crippen molar-refractivity contribution in [3.05, 3.63) is 71.8 Å². The van der Waals surface area contributed by atoms with E-state index in [4.69, 9.17) is 4.74 Å². The Morgan fingerprint density at radius 2 is 1.46 bits per heavy atom. The summed E-state index contributed by atoms with van der Waals surface area (Å²) in [5.41, 5.74) is 1.11. The monoisotopic (exact) mass is 351 g/mol. The molecule has 0 aromatic heterocycles. The smallest absolute Gasteiger partial charge is 0.228 e. The van der Waals surface area contributed by atoms with Crippen molar-refractivity contribution in [1.29, 1.82) is 0 Å². The third-order valence-electron chi connectivity index (χ3n) is 5.35. The third kappa shape index (κ3) is 3.16. The Balaban J connectivity index is 2.16. The maximum Gasteiger partial charge on any atom is 0.228 e. The van der Waals surface area contributed by atoms with Gasteiger partial charge in [0.25, 0.3) is 0 Å². The van der Waals surface area contributed by atoms with Crippen LogP contribution in [0.25, 0.3) is 0 Å². The lowest BCUT2D eigenvalue weighted by atomic mass is 9.78. The summed E-state index contributed by atoms with van der Waals surface area (Å²) < 4.78 is 6.29. The first kappa shape index (κ1) is 18.7. The molecule has 3 nitrogen and oxygen atoms in total. The number of ether oxygens (including phenoxy) is 1. The number of carbonyl (C=O) groups is 1. The normalized spacial score (nSPS) is 18.2. The molecule has 1 atom stereocenters. The van der Waals surface area contributed by atoms with Crippen LogP contribution in [0.2, 0.25) is 0 Å². The van der Waals surface area contributed by atoms with Gasteiger partial charge in [-0.3, -0.25) is 4.79 Å². The maximum atomic E-state index is 13.2. The van der Waals surface area contributed by atoms with E-state index in [1.54, 1.807) is 7.11 Å². The molecular weight excluding hydrogens is 322 g/mol. The first-order chi connectivity index (χ1) is 12.4. The van der Waals surface area contributed by atoms with Crippen LogP contribution in [-0.4, -0.2) is 30.5 Å². The third-order valence-corrected chi connectivity index (χ3v) is 5.35. The largest absolute Gasteiger partial charge is 0.367 e. The van der Waals surface area contributed by atoms with Crippen LogP contribution in [0.1, 0.15) is 44.7 Å². The van der Waals surface area contributed by atoms with Crippen LogP contribution in [-0.2, 0) is 15.1 Å². The highest BCUT2D eigenvalue weighted by molar-refractivity contribution is 5.82. The van der Waals surface area contributed by atoms with Crippen LogP contribution in [0.3, 0.4) is 0 Å². The molecule has 0 radical (unpaired) electrons. The molecule has 1 aliphatic rings. The fourth-order valence-corrected chi connectivity index (χ4v) is 4.16. The quantitative estimate of drug-likeness (QED) is 0.805. The van der Waals surface area contributed by atoms with Crippen molar-refractivity contribution < 1.29 is 9.53 Å². The number of benzene rings is 2. The van der Waals surface area contributed by atoms with Crippen LogP contribution in [0, 0.1) is 5.41 Å². The van der Waals surface area contributed by atoms with E-state index < -0.39 is 11.0 Å². The van der Waals surface area contributed by atoms with Crippen LogP contribution in [0.15, 0.2) is 60.7 Å². The van der Waals surface area contributed by atoms with Gasteiger partial charge in [-0.25, -0.2) is 0 Å². The molecule has 1 amide bonds. The number of nitrogens with zero attached hydrogens (tertiary/aromatic N) is 1. The van der Waals surface area contributed by atoms with E-state index >= 15 is 0 Å². The number of carbonyl (C=O) groups excluding carboxylic acids is 1. The summed E-state index contributed by atoms with van der Waals surface area (Å²) in [5, 5.41) is 0. The van der Waals surface area contributed by atoms with Gasteiger partial charge in [-0.1, -0.05) is 81.4 Å². The van der Waals surface area contributed by atoms with E-state index in [0.717, 1.165) is 30.5 Å². The summed E-state index contributed by atoms with van der Waals surface area (Å²) in [6, 6.07) is 20.6. The zero-order chi connectivity index (χ0) is 18.8. The molecule has 0 aliphatic carbocycles. The average Bonchev–Trinajstić information content (AvgIpc) is 3.13. The molecule has 3 rings (SSSR count). The molecule has 1 fully saturated rings. The second kappa shape index (κ2) is 7.24. The van der Waals surface area contributed by atoms with Crippen LogP contribution in [0.5, 0.6) is 0 Å². The fourth-order valence-electron chi connectivity index (χ4n) is 4.16. The van der Waals surface area contributed by atoms with Crippen molar-refractivity contribution in [1.82, 2.24) is 4.90 Å². The Kier molecular flexibility index (Phi) is 5.19. The number of rotatable bonds is 4. The van der Waals surface area contributed by atoms with Crippen molar-refractivity contribution in [3.8, 4) is 0 Å². The molecule has 3 heteroatoms. The molecule has 0 saturated carbocycles. The minimum Gasteiger partial charge on any atom is -0.367 e. The Morgan fingerprint density at radius 3 is 1.88 bits per heavy atom. The van der Waals surface area contributed by atoms with Crippen LogP contribution in [0.4, 0.5) is 0 Å². The number of likely N-dealkylation sites (tertiary alicyclic amines) is 1. The van der Waals surface area contributed by atoms with Gasteiger partial charge in [0.2, 0.25) is 5.91 Å². The van der Waals surface area contributed by atoms with E-state index in [9.17, 15) is 4.79 Å². The van der Waals surface area contributed by atoms with Crippen LogP contribution >= 0.6 is 0 Å². The van der Waals surface area contributed by atoms with Gasteiger partial charge in [-0.05, 0) is 24.0 Å². The molecule has 1 aliphatic heterocycles. The number of methoxy groups -OCH3 is 1. The number of hydrogen-bond donors (Lipinski definition) is 0. The minimum absolute atomic E-state index is 0.0241. The standard InChI is InChI=1S/C23H29NO2/c1-22(2,3)21(25)24-17-11-16-20(24)23(26-4,18-12-7-5-8-13-18)19-14-9-6-10-15-19/h5-10,12-15,20H,11,16-17H2,1-4H3/t20-/m0/s1. The van der Waals surface area contributed by atoms with E-state index in [-0.39, 0.29) is 11.9 Å². The summed E-state index contributed by atoms with van der Waals surface area (Å²) >= 11 is 0. The molecule has 0 spiro atoms. The first-order valence-corrected chi connectivity index (χ1v) is 9.38. The first-order valence-electron chi connectivity index (χ1n) is 9.38. The molecule has 1 saturated heterocycles. The topological polar surface area (TPSA) is 29.5 Å². The van der Waals surface area contributed by atoms with Crippen molar-refractivity contribution in [3.63, 3.8) is 0 Å². The molecule has 0 N–H and O–H groups in total.